The lowest BCUT2D eigenvalue weighted by Crippen LogP contribution is -2.07. The number of oxazole rings is 1. The minimum atomic E-state index is -0.243. The second-order valence-corrected chi connectivity index (χ2v) is 6.95. The van der Waals surface area contributed by atoms with Gasteiger partial charge in [-0.1, -0.05) is 42.5 Å². The first-order valence-electron chi connectivity index (χ1n) is 9.85. The molecule has 0 fully saturated rings. The molecule has 0 aliphatic heterocycles. The number of aromatic nitrogens is 1. The van der Waals surface area contributed by atoms with Crippen LogP contribution < -0.4 is 5.32 Å². The van der Waals surface area contributed by atoms with Crippen LogP contribution in [0.2, 0.25) is 0 Å². The zero-order valence-electron chi connectivity index (χ0n) is 16.5. The second kappa shape index (κ2) is 8.16. The van der Waals surface area contributed by atoms with E-state index in [9.17, 15) is 4.79 Å². The Balaban J connectivity index is 1.24. The molecule has 0 saturated heterocycles. The van der Waals surface area contributed by atoms with Crippen LogP contribution in [0.15, 0.2) is 106 Å². The van der Waals surface area contributed by atoms with E-state index in [1.807, 2.05) is 91.0 Å². The number of fused-ring (bicyclic) bond motifs is 1. The van der Waals surface area contributed by atoms with Crippen molar-refractivity contribution < 1.29 is 13.6 Å². The van der Waals surface area contributed by atoms with Crippen LogP contribution in [0.4, 0.5) is 5.69 Å². The lowest BCUT2D eigenvalue weighted by Gasteiger charge is -2.02. The number of benzene rings is 3. The zero-order chi connectivity index (χ0) is 21.0. The van der Waals surface area contributed by atoms with Gasteiger partial charge in [-0.15, -0.1) is 0 Å². The van der Waals surface area contributed by atoms with Gasteiger partial charge in [0, 0.05) is 22.9 Å². The number of para-hydroxylation sites is 2. The summed E-state index contributed by atoms with van der Waals surface area (Å²) in [7, 11) is 0. The summed E-state index contributed by atoms with van der Waals surface area (Å²) in [6.07, 6.45) is 3.09. The number of anilines is 1. The van der Waals surface area contributed by atoms with Crippen LogP contribution >= 0.6 is 0 Å². The smallest absolute Gasteiger partial charge is 0.248 e. The number of nitrogens with zero attached hydrogens (tertiary/aromatic N) is 1. The van der Waals surface area contributed by atoms with Crippen molar-refractivity contribution in [2.75, 3.05) is 5.32 Å². The minimum absolute atomic E-state index is 0.243. The number of rotatable bonds is 5. The van der Waals surface area contributed by atoms with Crippen LogP contribution in [0, 0.1) is 0 Å². The Bertz CT molecular complexity index is 1330. The van der Waals surface area contributed by atoms with Crippen molar-refractivity contribution in [2.45, 2.75) is 0 Å². The third kappa shape index (κ3) is 4.16. The predicted octanol–water partition coefficient (Wildman–Crippen LogP) is 6.41. The number of furan rings is 1. The van der Waals surface area contributed by atoms with Gasteiger partial charge in [-0.25, -0.2) is 4.98 Å². The van der Waals surface area contributed by atoms with Crippen LogP contribution in [0.1, 0.15) is 5.76 Å². The average molecular weight is 406 g/mol. The van der Waals surface area contributed by atoms with Crippen molar-refractivity contribution >= 4 is 28.8 Å². The molecule has 5 rings (SSSR count). The van der Waals surface area contributed by atoms with Gasteiger partial charge in [-0.3, -0.25) is 4.79 Å². The second-order valence-electron chi connectivity index (χ2n) is 6.95. The van der Waals surface area contributed by atoms with Crippen molar-refractivity contribution in [1.82, 2.24) is 4.98 Å². The van der Waals surface area contributed by atoms with Crippen LogP contribution in [0.3, 0.4) is 0 Å². The first kappa shape index (κ1) is 18.6. The summed E-state index contributed by atoms with van der Waals surface area (Å²) in [5, 5.41) is 2.84. The first-order chi connectivity index (χ1) is 15.2. The van der Waals surface area contributed by atoms with Crippen molar-refractivity contribution in [1.29, 1.82) is 0 Å². The molecule has 31 heavy (non-hydrogen) atoms. The molecule has 0 aliphatic rings. The van der Waals surface area contributed by atoms with Gasteiger partial charge in [0.1, 0.15) is 17.0 Å². The molecular formula is C26H18N2O3. The van der Waals surface area contributed by atoms with E-state index >= 15 is 0 Å². The Morgan fingerprint density at radius 3 is 2.35 bits per heavy atom. The van der Waals surface area contributed by atoms with Crippen LogP contribution in [-0.2, 0) is 4.79 Å². The Morgan fingerprint density at radius 1 is 0.774 bits per heavy atom. The molecule has 0 atom stereocenters. The van der Waals surface area contributed by atoms with Gasteiger partial charge < -0.3 is 14.2 Å². The highest BCUT2D eigenvalue weighted by molar-refractivity contribution is 6.01. The molecule has 2 aromatic heterocycles. The number of carbonyl (C=O) groups excluding carboxylic acids is 1. The molecule has 5 heteroatoms. The average Bonchev–Trinajstić information content (AvgIpc) is 3.46. The first-order valence-corrected chi connectivity index (χ1v) is 9.85. The molecule has 3 aromatic carbocycles. The van der Waals surface area contributed by atoms with Gasteiger partial charge in [-0.05, 0) is 54.6 Å². The number of hydrogen-bond acceptors (Lipinski definition) is 4. The summed E-state index contributed by atoms with van der Waals surface area (Å²) in [6.45, 7) is 0. The summed E-state index contributed by atoms with van der Waals surface area (Å²) in [4.78, 5) is 16.7. The van der Waals surface area contributed by atoms with Crippen LogP contribution in [-0.4, -0.2) is 10.9 Å². The lowest BCUT2D eigenvalue weighted by atomic mass is 10.2. The fourth-order valence-electron chi connectivity index (χ4n) is 3.23. The van der Waals surface area contributed by atoms with Gasteiger partial charge in [0.05, 0.1) is 0 Å². The lowest BCUT2D eigenvalue weighted by molar-refractivity contribution is -0.111. The third-order valence-corrected chi connectivity index (χ3v) is 4.78. The van der Waals surface area contributed by atoms with E-state index in [1.165, 1.54) is 6.08 Å². The van der Waals surface area contributed by atoms with E-state index in [2.05, 4.69) is 10.3 Å². The molecule has 1 N–H and O–H groups in total. The summed E-state index contributed by atoms with van der Waals surface area (Å²) in [5.41, 5.74) is 4.07. The quantitative estimate of drug-likeness (QED) is 0.343. The molecule has 0 aliphatic carbocycles. The highest BCUT2D eigenvalue weighted by Crippen LogP contribution is 2.25. The van der Waals surface area contributed by atoms with Gasteiger partial charge >= 0.3 is 0 Å². The maximum Gasteiger partial charge on any atom is 0.248 e. The Kier molecular flexibility index (Phi) is 4.91. The normalized spacial score (nSPS) is 11.2. The van der Waals surface area contributed by atoms with Crippen molar-refractivity contribution in [3.8, 4) is 22.8 Å². The Hall–Kier alpha value is -4.38. The van der Waals surface area contributed by atoms with E-state index in [0.717, 1.165) is 28.0 Å². The van der Waals surface area contributed by atoms with Gasteiger partial charge in [0.25, 0.3) is 0 Å². The SMILES string of the molecule is O=C(/C=C/c1ccc(-c2ccccc2)o1)Nc1ccc(-c2nc3ccccc3o2)cc1. The number of amides is 1. The summed E-state index contributed by atoms with van der Waals surface area (Å²) < 4.78 is 11.6. The predicted molar refractivity (Wildman–Crippen MR) is 121 cm³/mol. The molecule has 1 amide bonds. The van der Waals surface area contributed by atoms with E-state index in [0.29, 0.717) is 17.3 Å². The van der Waals surface area contributed by atoms with E-state index < -0.39 is 0 Å². The van der Waals surface area contributed by atoms with E-state index in [-0.39, 0.29) is 5.91 Å². The topological polar surface area (TPSA) is 68.3 Å². The maximum atomic E-state index is 12.3. The molecule has 5 nitrogen and oxygen atoms in total. The summed E-state index contributed by atoms with van der Waals surface area (Å²) >= 11 is 0. The number of carbonyl (C=O) groups is 1. The highest BCUT2D eigenvalue weighted by Gasteiger charge is 2.08. The van der Waals surface area contributed by atoms with E-state index in [4.69, 9.17) is 8.83 Å². The number of hydrogen-bond donors (Lipinski definition) is 1. The molecule has 0 unspecified atom stereocenters. The molecule has 0 bridgehead atoms. The molecule has 150 valence electrons. The summed E-state index contributed by atoms with van der Waals surface area (Å²) in [5.74, 6) is 1.68. The third-order valence-electron chi connectivity index (χ3n) is 4.78. The highest BCUT2D eigenvalue weighted by atomic mass is 16.3. The van der Waals surface area contributed by atoms with Crippen LogP contribution in [0.25, 0.3) is 40.0 Å². The van der Waals surface area contributed by atoms with Crippen molar-refractivity contribution in [2.24, 2.45) is 0 Å². The molecule has 0 radical (unpaired) electrons. The van der Waals surface area contributed by atoms with Gasteiger partial charge in [0.2, 0.25) is 11.8 Å². The fraction of sp³-hybridized carbons (Fsp3) is 0. The molecule has 2 heterocycles. The largest absolute Gasteiger partial charge is 0.457 e. The Labute approximate surface area is 178 Å². The zero-order valence-corrected chi connectivity index (χ0v) is 16.5. The monoisotopic (exact) mass is 406 g/mol. The Morgan fingerprint density at radius 2 is 1.55 bits per heavy atom. The fourth-order valence-corrected chi connectivity index (χ4v) is 3.23. The van der Waals surface area contributed by atoms with Gasteiger partial charge in [-0.2, -0.15) is 0 Å². The summed E-state index contributed by atoms with van der Waals surface area (Å²) in [6, 6.07) is 28.5. The van der Waals surface area contributed by atoms with Crippen molar-refractivity contribution in [3.05, 3.63) is 103 Å². The molecule has 5 aromatic rings. The molecule has 0 saturated carbocycles. The molecule has 0 spiro atoms. The number of nitrogens with one attached hydrogen (secondary N) is 1. The van der Waals surface area contributed by atoms with E-state index in [1.54, 1.807) is 6.08 Å². The van der Waals surface area contributed by atoms with Crippen molar-refractivity contribution in [3.63, 3.8) is 0 Å². The minimum Gasteiger partial charge on any atom is -0.457 e. The molecular weight excluding hydrogens is 388 g/mol. The standard InChI is InChI=1S/C26H18N2O3/c29-25(17-15-21-14-16-23(30-21)18-6-2-1-3-7-18)27-20-12-10-19(11-13-20)26-28-22-8-4-5-9-24(22)31-26/h1-17H,(H,27,29)/b17-15+. The van der Waals surface area contributed by atoms with Crippen LogP contribution in [0.5, 0.6) is 0 Å². The van der Waals surface area contributed by atoms with Gasteiger partial charge in [0.15, 0.2) is 5.58 Å². The maximum absolute atomic E-state index is 12.3.